The number of allylic oxidation sites excluding steroid dienone is 1. The summed E-state index contributed by atoms with van der Waals surface area (Å²) in [4.78, 5) is 12.5. The molecule has 2 atom stereocenters. The van der Waals surface area contributed by atoms with Crippen LogP contribution in [0.25, 0.3) is 0 Å². The number of rotatable bonds is 53. The Labute approximate surface area is 384 Å². The van der Waals surface area contributed by atoms with Crippen LogP contribution in [0, 0.1) is 0 Å². The van der Waals surface area contributed by atoms with Gasteiger partial charge in [0.2, 0.25) is 5.91 Å². The first kappa shape index (κ1) is 60.1. The van der Waals surface area contributed by atoms with E-state index in [2.05, 4.69) is 19.2 Å². The number of aliphatic hydroxyl groups is 2. The maximum Gasteiger partial charge on any atom is 0.220 e. The molecular formula is C57H113NO3. The van der Waals surface area contributed by atoms with Gasteiger partial charge in [-0.25, -0.2) is 0 Å². The number of amides is 1. The molecule has 1 amide bonds. The van der Waals surface area contributed by atoms with Crippen molar-refractivity contribution in [2.75, 3.05) is 6.61 Å². The normalized spacial score (nSPS) is 12.8. The zero-order valence-electron chi connectivity index (χ0n) is 42.0. The number of aliphatic hydroxyl groups excluding tert-OH is 2. The Balaban J connectivity index is 3.41. The molecule has 0 bridgehead atoms. The van der Waals surface area contributed by atoms with Crippen LogP contribution >= 0.6 is 0 Å². The van der Waals surface area contributed by atoms with Crippen molar-refractivity contribution in [1.82, 2.24) is 5.32 Å². The van der Waals surface area contributed by atoms with E-state index in [0.717, 1.165) is 25.7 Å². The van der Waals surface area contributed by atoms with Gasteiger partial charge in [0.25, 0.3) is 0 Å². The summed E-state index contributed by atoms with van der Waals surface area (Å²) in [5.74, 6) is -0.0558. The molecule has 0 saturated heterocycles. The van der Waals surface area contributed by atoms with E-state index >= 15 is 0 Å². The summed E-state index contributed by atoms with van der Waals surface area (Å²) in [7, 11) is 0. The van der Waals surface area contributed by atoms with E-state index in [4.69, 9.17) is 0 Å². The van der Waals surface area contributed by atoms with Crippen molar-refractivity contribution < 1.29 is 15.0 Å². The van der Waals surface area contributed by atoms with Gasteiger partial charge >= 0.3 is 0 Å². The SMILES string of the molecule is CCCCCCCCCCCCCCCCCC/C=C/C(O)C(CO)NC(=O)CCCCCCCCCCCCCCCCCCCCCCCCCCCCCCCCC. The molecule has 4 heteroatoms. The fourth-order valence-corrected chi connectivity index (χ4v) is 9.18. The van der Waals surface area contributed by atoms with Gasteiger partial charge < -0.3 is 15.5 Å². The standard InChI is InChI=1S/C57H113NO3/c1-3-5-7-9-11-13-15-17-19-21-23-24-25-26-27-28-29-30-31-32-33-34-35-37-39-41-43-45-47-49-51-53-57(61)58-55(54-59)56(60)52-50-48-46-44-42-40-38-36-22-20-18-16-14-12-10-8-6-4-2/h50,52,55-56,59-60H,3-49,51,53-54H2,1-2H3,(H,58,61)/b52-50+. The van der Waals surface area contributed by atoms with Gasteiger partial charge in [-0.1, -0.05) is 315 Å². The van der Waals surface area contributed by atoms with E-state index in [1.54, 1.807) is 6.08 Å². The lowest BCUT2D eigenvalue weighted by atomic mass is 10.0. The minimum atomic E-state index is -0.835. The Kier molecular flexibility index (Phi) is 52.7. The van der Waals surface area contributed by atoms with Crippen LogP contribution in [0.4, 0.5) is 0 Å². The predicted octanol–water partition coefficient (Wildman–Crippen LogP) is 18.5. The van der Waals surface area contributed by atoms with Gasteiger partial charge in [0, 0.05) is 6.42 Å². The number of carbonyl (C=O) groups is 1. The van der Waals surface area contributed by atoms with Crippen molar-refractivity contribution >= 4 is 5.91 Å². The molecule has 2 unspecified atom stereocenters. The predicted molar refractivity (Wildman–Crippen MR) is 272 cm³/mol. The molecule has 0 radical (unpaired) electrons. The third kappa shape index (κ3) is 50.0. The van der Waals surface area contributed by atoms with Gasteiger partial charge in [-0.2, -0.15) is 0 Å². The molecule has 4 nitrogen and oxygen atoms in total. The molecule has 0 heterocycles. The molecule has 0 aromatic carbocycles. The average Bonchev–Trinajstić information content (AvgIpc) is 3.26. The fourth-order valence-electron chi connectivity index (χ4n) is 9.18. The van der Waals surface area contributed by atoms with E-state index in [1.807, 2.05) is 6.08 Å². The second-order valence-electron chi connectivity index (χ2n) is 19.7. The highest BCUT2D eigenvalue weighted by Gasteiger charge is 2.18. The summed E-state index contributed by atoms with van der Waals surface area (Å²) in [6.07, 6.45) is 69.5. The molecule has 3 N–H and O–H groups in total. The Morgan fingerprint density at radius 1 is 0.377 bits per heavy atom. The maximum absolute atomic E-state index is 12.5. The van der Waals surface area contributed by atoms with E-state index in [0.29, 0.717) is 6.42 Å². The molecule has 0 spiro atoms. The monoisotopic (exact) mass is 860 g/mol. The Hall–Kier alpha value is -0.870. The van der Waals surface area contributed by atoms with Crippen LogP contribution in [0.5, 0.6) is 0 Å². The number of unbranched alkanes of at least 4 members (excludes halogenated alkanes) is 46. The highest BCUT2D eigenvalue weighted by atomic mass is 16.3. The summed E-state index contributed by atoms with van der Waals surface area (Å²) < 4.78 is 0. The van der Waals surface area contributed by atoms with Crippen molar-refractivity contribution in [3.8, 4) is 0 Å². The minimum absolute atomic E-state index is 0.0558. The van der Waals surface area contributed by atoms with Crippen molar-refractivity contribution in [3.05, 3.63) is 12.2 Å². The van der Waals surface area contributed by atoms with Crippen LogP contribution in [0.15, 0.2) is 12.2 Å². The largest absolute Gasteiger partial charge is 0.394 e. The van der Waals surface area contributed by atoms with Crippen LogP contribution in [-0.2, 0) is 4.79 Å². The quantitative estimate of drug-likeness (QED) is 0.0421. The second-order valence-corrected chi connectivity index (χ2v) is 19.7. The Bertz CT molecular complexity index is 844. The lowest BCUT2D eigenvalue weighted by molar-refractivity contribution is -0.123. The smallest absolute Gasteiger partial charge is 0.220 e. The fraction of sp³-hybridized carbons (Fsp3) is 0.947. The highest BCUT2D eigenvalue weighted by molar-refractivity contribution is 5.76. The van der Waals surface area contributed by atoms with Crippen molar-refractivity contribution in [1.29, 1.82) is 0 Å². The summed E-state index contributed by atoms with van der Waals surface area (Å²) in [6.45, 7) is 4.35. The van der Waals surface area contributed by atoms with Gasteiger partial charge in [0.1, 0.15) is 0 Å². The van der Waals surface area contributed by atoms with Gasteiger partial charge in [0.05, 0.1) is 18.8 Å². The van der Waals surface area contributed by atoms with Gasteiger partial charge in [-0.15, -0.1) is 0 Å². The third-order valence-electron chi connectivity index (χ3n) is 13.5. The number of carbonyl (C=O) groups excluding carboxylic acids is 1. The summed E-state index contributed by atoms with van der Waals surface area (Å²) in [6, 6.07) is -0.618. The zero-order valence-corrected chi connectivity index (χ0v) is 42.0. The highest BCUT2D eigenvalue weighted by Crippen LogP contribution is 2.18. The van der Waals surface area contributed by atoms with Crippen LogP contribution in [0.3, 0.4) is 0 Å². The molecule has 0 rings (SSSR count). The van der Waals surface area contributed by atoms with Gasteiger partial charge in [-0.05, 0) is 19.3 Å². The molecule has 0 aromatic heterocycles. The van der Waals surface area contributed by atoms with Crippen molar-refractivity contribution in [2.45, 2.75) is 341 Å². The first-order valence-corrected chi connectivity index (χ1v) is 28.4. The molecule has 61 heavy (non-hydrogen) atoms. The first-order chi connectivity index (χ1) is 30.2. The zero-order chi connectivity index (χ0) is 44.2. The van der Waals surface area contributed by atoms with Gasteiger partial charge in [-0.3, -0.25) is 4.79 Å². The minimum Gasteiger partial charge on any atom is -0.394 e. The maximum atomic E-state index is 12.5. The summed E-state index contributed by atoms with van der Waals surface area (Å²) >= 11 is 0. The molecule has 364 valence electrons. The summed E-state index contributed by atoms with van der Waals surface area (Å²) in [5, 5.41) is 23.2. The molecule has 0 fully saturated rings. The van der Waals surface area contributed by atoms with Crippen LogP contribution in [0.2, 0.25) is 0 Å². The van der Waals surface area contributed by atoms with Crippen LogP contribution in [0.1, 0.15) is 328 Å². The van der Waals surface area contributed by atoms with Crippen LogP contribution in [-0.4, -0.2) is 34.9 Å². The number of hydrogen-bond acceptors (Lipinski definition) is 3. The topological polar surface area (TPSA) is 69.6 Å². The molecule has 0 aliphatic carbocycles. The third-order valence-corrected chi connectivity index (χ3v) is 13.5. The molecule has 0 aromatic rings. The molecular weight excluding hydrogens is 747 g/mol. The Morgan fingerprint density at radius 2 is 0.607 bits per heavy atom. The second kappa shape index (κ2) is 53.5. The number of nitrogens with one attached hydrogen (secondary N) is 1. The van der Waals surface area contributed by atoms with Crippen LogP contribution < -0.4 is 5.32 Å². The van der Waals surface area contributed by atoms with E-state index in [1.165, 1.54) is 283 Å². The first-order valence-electron chi connectivity index (χ1n) is 28.4. The molecule has 0 saturated carbocycles. The van der Waals surface area contributed by atoms with Gasteiger partial charge in [0.15, 0.2) is 0 Å². The lowest BCUT2D eigenvalue weighted by Crippen LogP contribution is -2.45. The van der Waals surface area contributed by atoms with E-state index in [9.17, 15) is 15.0 Å². The van der Waals surface area contributed by atoms with Crippen molar-refractivity contribution in [2.24, 2.45) is 0 Å². The van der Waals surface area contributed by atoms with E-state index < -0.39 is 12.1 Å². The Morgan fingerprint density at radius 3 is 0.852 bits per heavy atom. The van der Waals surface area contributed by atoms with Crippen molar-refractivity contribution in [3.63, 3.8) is 0 Å². The summed E-state index contributed by atoms with van der Waals surface area (Å²) in [5.41, 5.74) is 0. The number of hydrogen-bond donors (Lipinski definition) is 3. The molecule has 0 aliphatic rings. The average molecular weight is 861 g/mol. The lowest BCUT2D eigenvalue weighted by Gasteiger charge is -2.20. The molecule has 0 aliphatic heterocycles. The van der Waals surface area contributed by atoms with E-state index in [-0.39, 0.29) is 12.5 Å².